The van der Waals surface area contributed by atoms with Crippen molar-refractivity contribution in [2.45, 2.75) is 30.6 Å². The summed E-state index contributed by atoms with van der Waals surface area (Å²) >= 11 is 0. The largest absolute Gasteiger partial charge is 0.492 e. The summed E-state index contributed by atoms with van der Waals surface area (Å²) in [6.07, 6.45) is -1.01. The van der Waals surface area contributed by atoms with Crippen molar-refractivity contribution in [1.82, 2.24) is 5.32 Å². The van der Waals surface area contributed by atoms with Crippen LogP contribution in [-0.2, 0) is 21.4 Å². The van der Waals surface area contributed by atoms with E-state index in [0.29, 0.717) is 36.0 Å². The van der Waals surface area contributed by atoms with Crippen LogP contribution in [-0.4, -0.2) is 50.4 Å². The number of carboxylic acids is 1. The van der Waals surface area contributed by atoms with Gasteiger partial charge in [-0.1, -0.05) is 42.5 Å². The van der Waals surface area contributed by atoms with Gasteiger partial charge in [-0.3, -0.25) is 4.72 Å². The van der Waals surface area contributed by atoms with Crippen molar-refractivity contribution in [2.75, 3.05) is 24.5 Å². The number of benzene rings is 4. The number of anilines is 1. The van der Waals surface area contributed by atoms with Crippen LogP contribution < -0.4 is 24.2 Å². The van der Waals surface area contributed by atoms with Crippen LogP contribution in [0.25, 0.3) is 11.1 Å². The Bertz CT molecular complexity index is 1670. The molecule has 0 aromatic heterocycles. The van der Waals surface area contributed by atoms with Gasteiger partial charge >= 0.3 is 5.97 Å². The third-order valence-corrected chi connectivity index (χ3v) is 8.28. The fourth-order valence-corrected chi connectivity index (χ4v) is 5.76. The van der Waals surface area contributed by atoms with Gasteiger partial charge in [0.1, 0.15) is 30.5 Å². The maximum atomic E-state index is 13.1. The van der Waals surface area contributed by atoms with Gasteiger partial charge in [0.25, 0.3) is 10.0 Å². The lowest BCUT2D eigenvalue weighted by molar-refractivity contribution is -0.139. The zero-order valence-corrected chi connectivity index (χ0v) is 24.2. The van der Waals surface area contributed by atoms with E-state index in [4.69, 9.17) is 19.3 Å². The summed E-state index contributed by atoms with van der Waals surface area (Å²) < 4.78 is 45.6. The quantitative estimate of drug-likeness (QED) is 0.181. The maximum Gasteiger partial charge on any atom is 0.341 e. The maximum absolute atomic E-state index is 13.1. The number of carbonyl (C=O) groups is 1. The van der Waals surface area contributed by atoms with Crippen LogP contribution in [0.15, 0.2) is 95.9 Å². The Morgan fingerprint density at radius 1 is 0.953 bits per heavy atom. The van der Waals surface area contributed by atoms with E-state index in [-0.39, 0.29) is 17.2 Å². The molecule has 0 fully saturated rings. The van der Waals surface area contributed by atoms with E-state index < -0.39 is 34.7 Å². The highest BCUT2D eigenvalue weighted by Crippen LogP contribution is 2.33. The van der Waals surface area contributed by atoms with Gasteiger partial charge in [0.2, 0.25) is 0 Å². The third-order valence-electron chi connectivity index (χ3n) is 6.92. The van der Waals surface area contributed by atoms with Crippen LogP contribution in [0, 0.1) is 0 Å². The smallest absolute Gasteiger partial charge is 0.341 e. The lowest BCUT2D eigenvalue weighted by Crippen LogP contribution is -2.35. The predicted molar refractivity (Wildman–Crippen MR) is 161 cm³/mol. The molecule has 0 radical (unpaired) electrons. The number of fused-ring (bicyclic) bond motifs is 4. The summed E-state index contributed by atoms with van der Waals surface area (Å²) in [5.74, 6) is 0.621. The second kappa shape index (κ2) is 13.2. The SMILES string of the molecule is C[C@H](NCCOc1ccc(-c2ccc(OCC(=O)O)cc2)cc1)[C@H](O)c1ccc2cc1NS(=O)(=O)c1cccc(c1)CO2. The van der Waals surface area contributed by atoms with Gasteiger partial charge in [-0.25, -0.2) is 13.2 Å². The molecule has 11 heteroatoms. The summed E-state index contributed by atoms with van der Waals surface area (Å²) in [5.41, 5.74) is 3.33. The van der Waals surface area contributed by atoms with Gasteiger partial charge in [0.05, 0.1) is 16.7 Å². The van der Waals surface area contributed by atoms with Crippen molar-refractivity contribution >= 4 is 21.7 Å². The molecular weight excluding hydrogens is 572 g/mol. The molecule has 1 heterocycles. The summed E-state index contributed by atoms with van der Waals surface area (Å²) in [5, 5.41) is 23.1. The van der Waals surface area contributed by atoms with E-state index in [9.17, 15) is 18.3 Å². The van der Waals surface area contributed by atoms with Crippen LogP contribution in [0.4, 0.5) is 5.69 Å². The van der Waals surface area contributed by atoms with Gasteiger partial charge in [-0.15, -0.1) is 0 Å². The van der Waals surface area contributed by atoms with Gasteiger partial charge in [-0.05, 0) is 66.1 Å². The zero-order valence-electron chi connectivity index (χ0n) is 23.4. The molecule has 4 aromatic rings. The van der Waals surface area contributed by atoms with Gasteiger partial charge in [-0.2, -0.15) is 0 Å². The Balaban J connectivity index is 1.15. The Morgan fingerprint density at radius 3 is 2.30 bits per heavy atom. The molecule has 0 amide bonds. The van der Waals surface area contributed by atoms with Gasteiger partial charge in [0.15, 0.2) is 6.61 Å². The molecule has 0 spiro atoms. The molecule has 4 aromatic carbocycles. The van der Waals surface area contributed by atoms with Crippen LogP contribution in [0.2, 0.25) is 0 Å². The number of rotatable bonds is 11. The molecule has 10 nitrogen and oxygen atoms in total. The monoisotopic (exact) mass is 604 g/mol. The highest BCUT2D eigenvalue weighted by atomic mass is 32.2. The number of hydrogen-bond donors (Lipinski definition) is 4. The average molecular weight is 605 g/mol. The second-order valence-corrected chi connectivity index (χ2v) is 11.7. The first-order valence-corrected chi connectivity index (χ1v) is 15.1. The van der Waals surface area contributed by atoms with Crippen LogP contribution in [0.5, 0.6) is 17.2 Å². The summed E-state index contributed by atoms with van der Waals surface area (Å²) in [4.78, 5) is 10.8. The Kier molecular flexibility index (Phi) is 9.15. The number of sulfonamides is 1. The molecule has 1 aliphatic heterocycles. The van der Waals surface area contributed by atoms with Crippen LogP contribution >= 0.6 is 0 Å². The van der Waals surface area contributed by atoms with Crippen molar-refractivity contribution in [2.24, 2.45) is 0 Å². The number of carboxylic acid groups (broad SMARTS) is 1. The Morgan fingerprint density at radius 2 is 1.63 bits per heavy atom. The molecular formula is C32H32N2O8S. The van der Waals surface area contributed by atoms with Crippen molar-refractivity contribution in [3.8, 4) is 28.4 Å². The fraction of sp³-hybridized carbons (Fsp3) is 0.219. The standard InChI is InChI=1S/C32H32N2O8S/c1-21(32(37)29-14-13-27-18-30(29)34-43(38,39)28-4-2-3-22(17-28)19-41-27)33-15-16-40-25-9-5-23(6-10-25)24-7-11-26(12-8-24)42-20-31(35)36/h2-14,17-18,21,32-34,37H,15-16,19-20H2,1H3,(H,35,36)/t21-,32-/m0/s1. The third kappa shape index (κ3) is 7.63. The minimum Gasteiger partial charge on any atom is -0.492 e. The first kappa shape index (κ1) is 29.9. The first-order valence-electron chi connectivity index (χ1n) is 13.7. The zero-order chi connectivity index (χ0) is 30.4. The van der Waals surface area contributed by atoms with Gasteiger partial charge in [0, 0.05) is 24.2 Å². The molecule has 2 atom stereocenters. The molecule has 5 rings (SSSR count). The number of aliphatic hydroxyl groups excluding tert-OH is 1. The van der Waals surface area contributed by atoms with E-state index in [0.717, 1.165) is 16.7 Å². The molecule has 0 saturated heterocycles. The lowest BCUT2D eigenvalue weighted by atomic mass is 10.0. The highest BCUT2D eigenvalue weighted by Gasteiger charge is 2.24. The van der Waals surface area contributed by atoms with Crippen molar-refractivity contribution in [3.05, 3.63) is 102 Å². The van der Waals surface area contributed by atoms with E-state index in [1.807, 2.05) is 43.3 Å². The van der Waals surface area contributed by atoms with E-state index in [1.165, 1.54) is 6.07 Å². The number of nitrogens with one attached hydrogen (secondary N) is 2. The van der Waals surface area contributed by atoms with Crippen LogP contribution in [0.1, 0.15) is 24.2 Å². The highest BCUT2D eigenvalue weighted by molar-refractivity contribution is 7.92. The van der Waals surface area contributed by atoms with Crippen molar-refractivity contribution < 1.29 is 37.6 Å². The molecule has 0 aliphatic carbocycles. The molecule has 0 unspecified atom stereocenters. The molecule has 4 bridgehead atoms. The lowest BCUT2D eigenvalue weighted by Gasteiger charge is -2.24. The molecule has 0 saturated carbocycles. The number of aliphatic hydroxyl groups is 1. The minimum atomic E-state index is -3.86. The summed E-state index contributed by atoms with van der Waals surface area (Å²) in [6.45, 7) is 2.43. The minimum absolute atomic E-state index is 0.123. The first-order chi connectivity index (χ1) is 20.7. The summed E-state index contributed by atoms with van der Waals surface area (Å²) in [6, 6.07) is 25.8. The number of aliphatic carboxylic acids is 1. The van der Waals surface area contributed by atoms with E-state index >= 15 is 0 Å². The molecule has 43 heavy (non-hydrogen) atoms. The van der Waals surface area contributed by atoms with Crippen molar-refractivity contribution in [3.63, 3.8) is 0 Å². The number of ether oxygens (including phenoxy) is 3. The Labute approximate surface area is 249 Å². The fourth-order valence-electron chi connectivity index (χ4n) is 4.61. The van der Waals surface area contributed by atoms with Gasteiger partial charge < -0.3 is 29.7 Å². The van der Waals surface area contributed by atoms with E-state index in [1.54, 1.807) is 48.5 Å². The average Bonchev–Trinajstić information content (AvgIpc) is 3.01. The topological polar surface area (TPSA) is 143 Å². The summed E-state index contributed by atoms with van der Waals surface area (Å²) in [7, 11) is -3.86. The normalized spacial score (nSPS) is 14.8. The van der Waals surface area contributed by atoms with Crippen LogP contribution in [0.3, 0.4) is 0 Å². The second-order valence-electron chi connectivity index (χ2n) is 10.1. The molecule has 1 aliphatic rings. The van der Waals surface area contributed by atoms with Crippen molar-refractivity contribution in [1.29, 1.82) is 0 Å². The molecule has 224 valence electrons. The Hall–Kier alpha value is -4.58. The predicted octanol–water partition coefficient (Wildman–Crippen LogP) is 4.60. The number of hydrogen-bond acceptors (Lipinski definition) is 8. The van der Waals surface area contributed by atoms with E-state index in [2.05, 4.69) is 10.0 Å². The molecule has 4 N–H and O–H groups in total.